The van der Waals surface area contributed by atoms with E-state index in [0.717, 1.165) is 78.2 Å². The molecular formula is C24H36N6O. The van der Waals surface area contributed by atoms with Gasteiger partial charge in [-0.15, -0.1) is 0 Å². The van der Waals surface area contributed by atoms with Gasteiger partial charge in [-0.2, -0.15) is 0 Å². The minimum absolute atomic E-state index is 0.310. The van der Waals surface area contributed by atoms with Crippen molar-refractivity contribution in [2.75, 3.05) is 45.1 Å². The number of anilines is 1. The van der Waals surface area contributed by atoms with Crippen molar-refractivity contribution >= 4 is 11.4 Å². The Kier molecular flexibility index (Phi) is 6.44. The first-order chi connectivity index (χ1) is 14.9. The zero-order valence-corrected chi connectivity index (χ0v) is 19.8. The second kappa shape index (κ2) is 9.09. The molecule has 0 radical (unpaired) electrons. The number of nitrogens with zero attached hydrogens (tertiary/aromatic N) is 5. The highest BCUT2D eigenvalue weighted by Crippen LogP contribution is 2.40. The monoisotopic (exact) mass is 424 g/mol. The van der Waals surface area contributed by atoms with E-state index in [-0.39, 0.29) is 0 Å². The third-order valence-electron chi connectivity index (χ3n) is 6.46. The molecule has 1 aliphatic heterocycles. The highest BCUT2D eigenvalue weighted by atomic mass is 16.5. The molecule has 31 heavy (non-hydrogen) atoms. The summed E-state index contributed by atoms with van der Waals surface area (Å²) < 4.78 is 5.46. The molecule has 4 rings (SSSR count). The number of hydrogen-bond donors (Lipinski definition) is 1. The molecule has 168 valence electrons. The average Bonchev–Trinajstić information content (AvgIpc) is 3.54. The Labute approximate surface area is 185 Å². The molecule has 1 saturated heterocycles. The minimum atomic E-state index is 0.310. The molecule has 2 aromatic heterocycles. The summed E-state index contributed by atoms with van der Waals surface area (Å²) in [5.41, 5.74) is 5.09. The molecule has 1 saturated carbocycles. The molecule has 0 amide bonds. The Bertz CT molecular complexity index is 934. The molecule has 1 N–H and O–H groups in total. The fourth-order valence-corrected chi connectivity index (χ4v) is 4.42. The van der Waals surface area contributed by atoms with E-state index < -0.39 is 0 Å². The molecule has 7 heteroatoms. The Morgan fingerprint density at radius 3 is 2.45 bits per heavy atom. The summed E-state index contributed by atoms with van der Waals surface area (Å²) in [5.74, 6) is 3.23. The molecule has 2 fully saturated rings. The Morgan fingerprint density at radius 2 is 1.87 bits per heavy atom. The van der Waals surface area contributed by atoms with Gasteiger partial charge in [0.1, 0.15) is 17.4 Å². The highest BCUT2D eigenvalue weighted by molar-refractivity contribution is 5.82. The standard InChI is InChI=1S/C24H36N6O/c1-7-20(21-17(4)28-31-18(21)5)22-16(3)23(27-24(26-22)19-8-9-19)25-15(2)14-30-12-10-29(6)11-13-30/h7,15,19H,8-14H2,1-6H3,(H,25,26,27)/b20-7-. The SMILES string of the molecule is C/C=C(\c1nc(C2CC2)nc(NC(C)CN2CCN(C)CC2)c1C)c1c(C)noc1C. The lowest BCUT2D eigenvalue weighted by Crippen LogP contribution is -2.47. The normalized spacial score (nSPS) is 19.6. The maximum Gasteiger partial charge on any atom is 0.141 e. The Hall–Kier alpha value is -2.25. The van der Waals surface area contributed by atoms with Gasteiger partial charge in [0.25, 0.3) is 0 Å². The van der Waals surface area contributed by atoms with Gasteiger partial charge in [0.15, 0.2) is 0 Å². The first-order valence-electron chi connectivity index (χ1n) is 11.5. The van der Waals surface area contributed by atoms with Crippen molar-refractivity contribution in [3.63, 3.8) is 0 Å². The van der Waals surface area contributed by atoms with Gasteiger partial charge in [0.2, 0.25) is 0 Å². The van der Waals surface area contributed by atoms with Crippen LogP contribution in [0.25, 0.3) is 5.57 Å². The van der Waals surface area contributed by atoms with Crippen LogP contribution >= 0.6 is 0 Å². The van der Waals surface area contributed by atoms with Crippen LogP contribution in [0.15, 0.2) is 10.6 Å². The Morgan fingerprint density at radius 1 is 1.16 bits per heavy atom. The van der Waals surface area contributed by atoms with Crippen LogP contribution < -0.4 is 5.32 Å². The molecule has 2 aromatic rings. The first kappa shape index (κ1) is 22.0. The van der Waals surface area contributed by atoms with Gasteiger partial charge >= 0.3 is 0 Å². The number of nitrogens with one attached hydrogen (secondary N) is 1. The summed E-state index contributed by atoms with van der Waals surface area (Å²) in [7, 11) is 2.20. The number of rotatable bonds is 7. The maximum absolute atomic E-state index is 5.46. The molecule has 2 aliphatic rings. The van der Waals surface area contributed by atoms with Gasteiger partial charge in [-0.1, -0.05) is 11.2 Å². The molecule has 7 nitrogen and oxygen atoms in total. The molecule has 3 heterocycles. The van der Waals surface area contributed by atoms with Crippen molar-refractivity contribution in [1.82, 2.24) is 24.9 Å². The van der Waals surface area contributed by atoms with Crippen LogP contribution in [-0.2, 0) is 0 Å². The van der Waals surface area contributed by atoms with E-state index in [1.807, 2.05) is 13.8 Å². The minimum Gasteiger partial charge on any atom is -0.366 e. The molecule has 1 atom stereocenters. The van der Waals surface area contributed by atoms with E-state index in [2.05, 4.69) is 54.2 Å². The van der Waals surface area contributed by atoms with Gasteiger partial charge in [-0.05, 0) is 54.5 Å². The van der Waals surface area contributed by atoms with Gasteiger partial charge in [0.05, 0.1) is 11.4 Å². The van der Waals surface area contributed by atoms with Crippen molar-refractivity contribution in [1.29, 1.82) is 0 Å². The van der Waals surface area contributed by atoms with Crippen LogP contribution in [0.1, 0.15) is 66.7 Å². The van der Waals surface area contributed by atoms with Crippen molar-refractivity contribution in [3.05, 3.63) is 40.2 Å². The molecular weight excluding hydrogens is 388 g/mol. The molecule has 0 bridgehead atoms. The summed E-state index contributed by atoms with van der Waals surface area (Å²) >= 11 is 0. The van der Waals surface area contributed by atoms with E-state index >= 15 is 0 Å². The van der Waals surface area contributed by atoms with Crippen molar-refractivity contribution in [3.8, 4) is 0 Å². The quantitative estimate of drug-likeness (QED) is 0.725. The summed E-state index contributed by atoms with van der Waals surface area (Å²) in [4.78, 5) is 14.9. The fraction of sp³-hybridized carbons (Fsp3) is 0.625. The zero-order chi connectivity index (χ0) is 22.1. The summed E-state index contributed by atoms with van der Waals surface area (Å²) in [6.07, 6.45) is 4.47. The topological polar surface area (TPSA) is 70.3 Å². The van der Waals surface area contributed by atoms with Crippen molar-refractivity contribution in [2.24, 2.45) is 0 Å². The molecule has 0 aromatic carbocycles. The second-order valence-electron chi connectivity index (χ2n) is 9.23. The van der Waals surface area contributed by atoms with Crippen LogP contribution in [0.5, 0.6) is 0 Å². The fourth-order valence-electron chi connectivity index (χ4n) is 4.42. The number of likely N-dealkylation sites (N-methyl/N-ethyl adjacent to an activating group) is 1. The lowest BCUT2D eigenvalue weighted by molar-refractivity contribution is 0.151. The van der Waals surface area contributed by atoms with E-state index in [1.165, 1.54) is 12.8 Å². The predicted octanol–water partition coefficient (Wildman–Crippen LogP) is 3.77. The third-order valence-corrected chi connectivity index (χ3v) is 6.46. The van der Waals surface area contributed by atoms with Gasteiger partial charge in [0, 0.05) is 61.4 Å². The molecule has 1 aliphatic carbocycles. The van der Waals surface area contributed by atoms with Crippen LogP contribution in [0.2, 0.25) is 0 Å². The van der Waals surface area contributed by atoms with Crippen molar-refractivity contribution in [2.45, 2.75) is 59.4 Å². The summed E-state index contributed by atoms with van der Waals surface area (Å²) in [6.45, 7) is 15.9. The average molecular weight is 425 g/mol. The zero-order valence-electron chi connectivity index (χ0n) is 19.8. The van der Waals surface area contributed by atoms with Gasteiger partial charge in [-0.3, -0.25) is 4.90 Å². The number of hydrogen-bond acceptors (Lipinski definition) is 7. The van der Waals surface area contributed by atoms with Gasteiger partial charge < -0.3 is 14.7 Å². The Balaban J connectivity index is 1.62. The molecule has 0 spiro atoms. The van der Waals surface area contributed by atoms with Crippen LogP contribution in [0.4, 0.5) is 5.82 Å². The number of aromatic nitrogens is 3. The van der Waals surface area contributed by atoms with Crippen LogP contribution in [0, 0.1) is 20.8 Å². The smallest absolute Gasteiger partial charge is 0.141 e. The van der Waals surface area contributed by atoms with Gasteiger partial charge in [-0.25, -0.2) is 9.97 Å². The summed E-state index contributed by atoms with van der Waals surface area (Å²) in [5, 5.41) is 7.88. The van der Waals surface area contributed by atoms with E-state index in [9.17, 15) is 0 Å². The largest absolute Gasteiger partial charge is 0.366 e. The van der Waals surface area contributed by atoms with E-state index in [4.69, 9.17) is 14.5 Å². The molecule has 1 unspecified atom stereocenters. The predicted molar refractivity (Wildman–Crippen MR) is 124 cm³/mol. The highest BCUT2D eigenvalue weighted by Gasteiger charge is 2.30. The second-order valence-corrected chi connectivity index (χ2v) is 9.23. The van der Waals surface area contributed by atoms with Crippen LogP contribution in [0.3, 0.4) is 0 Å². The number of allylic oxidation sites excluding steroid dienone is 1. The van der Waals surface area contributed by atoms with E-state index in [0.29, 0.717) is 12.0 Å². The number of aryl methyl sites for hydroxylation is 2. The summed E-state index contributed by atoms with van der Waals surface area (Å²) in [6, 6.07) is 0.310. The maximum atomic E-state index is 5.46. The third kappa shape index (κ3) is 4.83. The number of piperazine rings is 1. The lowest BCUT2D eigenvalue weighted by Gasteiger charge is -2.34. The van der Waals surface area contributed by atoms with E-state index in [1.54, 1.807) is 0 Å². The van der Waals surface area contributed by atoms with Crippen LogP contribution in [-0.4, -0.2) is 70.7 Å². The lowest BCUT2D eigenvalue weighted by atomic mass is 9.97. The van der Waals surface area contributed by atoms with Crippen molar-refractivity contribution < 1.29 is 4.52 Å². The first-order valence-corrected chi connectivity index (χ1v) is 11.5.